The number of aromatic nitrogens is 2. The van der Waals surface area contributed by atoms with Crippen LogP contribution in [0, 0.1) is 11.6 Å². The second-order valence-corrected chi connectivity index (χ2v) is 7.27. The van der Waals surface area contributed by atoms with E-state index in [-0.39, 0.29) is 53.0 Å². The third-order valence-corrected chi connectivity index (χ3v) is 5.17. The van der Waals surface area contributed by atoms with Crippen LogP contribution in [0.4, 0.5) is 22.0 Å². The van der Waals surface area contributed by atoms with Crippen LogP contribution in [0.1, 0.15) is 27.7 Å². The summed E-state index contributed by atoms with van der Waals surface area (Å²) in [5.74, 6) is -4.71. The summed E-state index contributed by atoms with van der Waals surface area (Å²) in [6.45, 7) is 0. The van der Waals surface area contributed by atoms with E-state index < -0.39 is 51.5 Å². The third-order valence-electron chi connectivity index (χ3n) is 4.85. The SMILES string of the molecule is O=C(O)c1ccc(-c2nn(C(=O)c3c(Cl)cccc3C(F)(F)F)c3cccc(F)c23)c(F)c1.[H-].[Na+]. The van der Waals surface area contributed by atoms with E-state index in [1.807, 2.05) is 0 Å². The zero-order chi connectivity index (χ0) is 24.1. The Hall–Kier alpha value is -2.79. The molecule has 0 amide bonds. The minimum absolute atomic E-state index is 0. The van der Waals surface area contributed by atoms with Gasteiger partial charge < -0.3 is 6.53 Å². The van der Waals surface area contributed by atoms with Gasteiger partial charge in [-0.3, -0.25) is 4.79 Å². The monoisotopic (exact) mass is 504 g/mol. The minimum atomic E-state index is -4.92. The fourth-order valence-electron chi connectivity index (χ4n) is 3.39. The number of hydrogen-bond acceptors (Lipinski definition) is 3. The molecule has 0 bridgehead atoms. The molecule has 0 fully saturated rings. The maximum atomic E-state index is 14.7. The summed E-state index contributed by atoms with van der Waals surface area (Å²) in [5.41, 5.74) is -3.59. The number of rotatable bonds is 3. The van der Waals surface area contributed by atoms with Crippen molar-refractivity contribution in [3.05, 3.63) is 87.9 Å². The number of carboxylic acid groups (broad SMARTS) is 1. The zero-order valence-corrected chi connectivity index (χ0v) is 19.9. The van der Waals surface area contributed by atoms with Crippen molar-refractivity contribution in [1.82, 2.24) is 9.78 Å². The quantitative estimate of drug-likeness (QED) is 0.344. The number of aromatic carboxylic acids is 1. The molecular formula is C22H11ClF5N2NaO3. The molecule has 170 valence electrons. The van der Waals surface area contributed by atoms with E-state index in [1.165, 1.54) is 12.1 Å². The topological polar surface area (TPSA) is 72.2 Å². The molecule has 3 aromatic carbocycles. The summed E-state index contributed by atoms with van der Waals surface area (Å²) < 4.78 is 70.4. The molecule has 0 aliphatic heterocycles. The van der Waals surface area contributed by atoms with Crippen molar-refractivity contribution in [1.29, 1.82) is 0 Å². The normalized spacial score (nSPS) is 11.4. The number of carboxylic acids is 1. The summed E-state index contributed by atoms with van der Waals surface area (Å²) in [6.07, 6.45) is -4.92. The van der Waals surface area contributed by atoms with Gasteiger partial charge in [-0.05, 0) is 42.5 Å². The second kappa shape index (κ2) is 9.46. The average Bonchev–Trinajstić information content (AvgIpc) is 3.13. The maximum absolute atomic E-state index is 14.7. The molecule has 0 aliphatic rings. The molecular weight excluding hydrogens is 494 g/mol. The van der Waals surface area contributed by atoms with Gasteiger partial charge in [0.15, 0.2) is 0 Å². The Morgan fingerprint density at radius 2 is 1.68 bits per heavy atom. The molecule has 1 heterocycles. The Labute approximate surface area is 216 Å². The Morgan fingerprint density at radius 3 is 2.29 bits per heavy atom. The van der Waals surface area contributed by atoms with Gasteiger partial charge in [-0.15, -0.1) is 0 Å². The largest absolute Gasteiger partial charge is 1.00 e. The molecule has 0 radical (unpaired) electrons. The molecule has 0 spiro atoms. The van der Waals surface area contributed by atoms with Crippen molar-refractivity contribution in [3.63, 3.8) is 0 Å². The van der Waals surface area contributed by atoms with Gasteiger partial charge in [0, 0.05) is 5.56 Å². The summed E-state index contributed by atoms with van der Waals surface area (Å²) in [5, 5.41) is 12.1. The number of alkyl halides is 3. The average molecular weight is 505 g/mol. The number of fused-ring (bicyclic) bond motifs is 1. The van der Waals surface area contributed by atoms with Gasteiger partial charge in [-0.1, -0.05) is 23.7 Å². The molecule has 0 atom stereocenters. The molecule has 4 aromatic rings. The van der Waals surface area contributed by atoms with Gasteiger partial charge in [0.2, 0.25) is 0 Å². The third kappa shape index (κ3) is 4.46. The van der Waals surface area contributed by atoms with Crippen molar-refractivity contribution < 1.29 is 67.6 Å². The molecule has 5 nitrogen and oxygen atoms in total. The Kier molecular flexibility index (Phi) is 7.18. The Morgan fingerprint density at radius 1 is 1.00 bits per heavy atom. The molecule has 0 saturated carbocycles. The van der Waals surface area contributed by atoms with E-state index in [0.29, 0.717) is 16.8 Å². The van der Waals surface area contributed by atoms with Crippen molar-refractivity contribution in [3.8, 4) is 11.3 Å². The van der Waals surface area contributed by atoms with Crippen LogP contribution in [0.15, 0.2) is 54.6 Å². The zero-order valence-electron chi connectivity index (χ0n) is 18.1. The van der Waals surface area contributed by atoms with Crippen molar-refractivity contribution >= 4 is 34.4 Å². The van der Waals surface area contributed by atoms with Gasteiger partial charge in [-0.2, -0.15) is 23.0 Å². The predicted octanol–water partition coefficient (Wildman–Crippen LogP) is 3.16. The van der Waals surface area contributed by atoms with Crippen LogP contribution in [0.25, 0.3) is 22.2 Å². The van der Waals surface area contributed by atoms with Crippen LogP contribution in [-0.4, -0.2) is 26.8 Å². The van der Waals surface area contributed by atoms with Gasteiger partial charge >= 0.3 is 41.7 Å². The molecule has 34 heavy (non-hydrogen) atoms. The fraction of sp³-hybridized carbons (Fsp3) is 0.0455. The first-order chi connectivity index (χ1) is 15.5. The van der Waals surface area contributed by atoms with Crippen LogP contribution in [0.2, 0.25) is 5.02 Å². The van der Waals surface area contributed by atoms with E-state index in [0.717, 1.165) is 30.3 Å². The van der Waals surface area contributed by atoms with Gasteiger partial charge in [0.1, 0.15) is 17.3 Å². The molecule has 1 N–H and O–H groups in total. The van der Waals surface area contributed by atoms with E-state index in [1.54, 1.807) is 0 Å². The summed E-state index contributed by atoms with van der Waals surface area (Å²) >= 11 is 5.91. The second-order valence-electron chi connectivity index (χ2n) is 6.86. The summed E-state index contributed by atoms with van der Waals surface area (Å²) in [7, 11) is 0. The Balaban J connectivity index is 0.00000216. The summed E-state index contributed by atoms with van der Waals surface area (Å²) in [6, 6.07) is 8.95. The van der Waals surface area contributed by atoms with Crippen LogP contribution in [0.3, 0.4) is 0 Å². The number of nitrogens with zero attached hydrogens (tertiary/aromatic N) is 2. The van der Waals surface area contributed by atoms with Crippen LogP contribution >= 0.6 is 11.6 Å². The number of benzene rings is 3. The molecule has 0 aliphatic carbocycles. The minimum Gasteiger partial charge on any atom is -1.00 e. The Bertz CT molecular complexity index is 1460. The van der Waals surface area contributed by atoms with E-state index in [4.69, 9.17) is 16.7 Å². The first kappa shape index (κ1) is 25.8. The molecule has 4 rings (SSSR count). The first-order valence-electron chi connectivity index (χ1n) is 9.11. The molecule has 1 aromatic heterocycles. The van der Waals surface area contributed by atoms with Crippen molar-refractivity contribution in [2.45, 2.75) is 6.18 Å². The number of halogens is 6. The van der Waals surface area contributed by atoms with Gasteiger partial charge in [-0.25, -0.2) is 13.6 Å². The van der Waals surface area contributed by atoms with Gasteiger partial charge in [0.05, 0.1) is 32.6 Å². The van der Waals surface area contributed by atoms with Crippen molar-refractivity contribution in [2.75, 3.05) is 0 Å². The fourth-order valence-corrected chi connectivity index (χ4v) is 3.65. The molecule has 0 saturated heterocycles. The number of carbonyl (C=O) groups excluding carboxylic acids is 1. The van der Waals surface area contributed by atoms with E-state index in [9.17, 15) is 31.5 Å². The first-order valence-corrected chi connectivity index (χ1v) is 9.49. The number of carbonyl (C=O) groups is 2. The maximum Gasteiger partial charge on any atom is 1.00 e. The molecule has 12 heteroatoms. The van der Waals surface area contributed by atoms with E-state index >= 15 is 0 Å². The molecule has 0 unspecified atom stereocenters. The van der Waals surface area contributed by atoms with E-state index in [2.05, 4.69) is 5.10 Å². The summed E-state index contributed by atoms with van der Waals surface area (Å²) in [4.78, 5) is 24.2. The number of hydrogen-bond donors (Lipinski definition) is 1. The predicted molar refractivity (Wildman–Crippen MR) is 109 cm³/mol. The van der Waals surface area contributed by atoms with Crippen molar-refractivity contribution in [2.24, 2.45) is 0 Å². The standard InChI is InChI=1S/C22H10ClF5N2O3.Na.H/c23-13-4-1-3-12(22(26,27)28)17(13)20(31)30-16-6-2-5-14(24)18(16)19(29-30)11-8-7-10(21(32)33)9-15(11)25;;/h1-9H,(H,32,33);;/q;+1;-1. The smallest absolute Gasteiger partial charge is 1.00 e. The van der Waals surface area contributed by atoms with Crippen LogP contribution in [-0.2, 0) is 6.18 Å². The van der Waals surface area contributed by atoms with Gasteiger partial charge in [0.25, 0.3) is 5.91 Å². The van der Waals surface area contributed by atoms with Crippen LogP contribution in [0.5, 0.6) is 0 Å². The van der Waals surface area contributed by atoms with Crippen LogP contribution < -0.4 is 29.6 Å².